The Morgan fingerprint density at radius 2 is 1.34 bits per heavy atom. The predicted molar refractivity (Wildman–Crippen MR) is 142 cm³/mol. The topological polar surface area (TPSA) is 132 Å². The molecule has 0 fully saturated rings. The number of phenolic OH excluding ortho intramolecular Hbond substituents is 1. The fourth-order valence-corrected chi connectivity index (χ4v) is 4.58. The second kappa shape index (κ2) is 11.7. The summed E-state index contributed by atoms with van der Waals surface area (Å²) < 4.78 is 58.2. The van der Waals surface area contributed by atoms with E-state index in [0.717, 1.165) is 0 Å². The highest BCUT2D eigenvalue weighted by Gasteiger charge is 2.17. The molecular weight excluding hydrogens is 528 g/mol. The zero-order valence-electron chi connectivity index (χ0n) is 19.8. The monoisotopic (exact) mass is 550 g/mol. The third kappa shape index (κ3) is 6.84. The summed E-state index contributed by atoms with van der Waals surface area (Å²) in [7, 11) is -6.79. The molecule has 0 saturated heterocycles. The van der Waals surface area contributed by atoms with Crippen LogP contribution in [0.15, 0.2) is 124 Å². The lowest BCUT2D eigenvalue weighted by Gasteiger charge is -2.09. The van der Waals surface area contributed by atoms with Crippen molar-refractivity contribution in [3.05, 3.63) is 109 Å². The molecule has 194 valence electrons. The average molecular weight is 551 g/mol. The van der Waals surface area contributed by atoms with E-state index >= 15 is 0 Å². The van der Waals surface area contributed by atoms with E-state index in [2.05, 4.69) is 16.8 Å². The first-order chi connectivity index (χ1) is 18.2. The second-order valence-electron chi connectivity index (χ2n) is 7.86. The summed E-state index contributed by atoms with van der Waals surface area (Å²) in [6, 6.07) is 22.3. The normalized spacial score (nSPS) is 11.5. The highest BCUT2D eigenvalue weighted by Crippen LogP contribution is 2.28. The standard InChI is InChI=1S/C27H22N2O7S2/c1-2-3-19-18-21(6-17-27(19)30)29-28-20-4-7-24(8-5-20)36-38(33,34)26-15-11-23(12-16-26)35-22-9-13-25(14-10-22)37(31)32/h2,4-18,30,37H,1,3H2. The van der Waals surface area contributed by atoms with Crippen LogP contribution in [-0.4, -0.2) is 21.9 Å². The molecule has 0 spiro atoms. The van der Waals surface area contributed by atoms with Crippen LogP contribution in [0.4, 0.5) is 11.4 Å². The van der Waals surface area contributed by atoms with Crippen molar-refractivity contribution in [2.75, 3.05) is 0 Å². The number of benzene rings is 4. The molecule has 0 radical (unpaired) electrons. The van der Waals surface area contributed by atoms with E-state index in [1.165, 1.54) is 66.7 Å². The highest BCUT2D eigenvalue weighted by atomic mass is 32.2. The third-order valence-electron chi connectivity index (χ3n) is 5.15. The summed E-state index contributed by atoms with van der Waals surface area (Å²) in [4.78, 5) is 0.0900. The Morgan fingerprint density at radius 1 is 0.789 bits per heavy atom. The fraction of sp³-hybridized carbons (Fsp3) is 0.0370. The molecule has 0 aliphatic rings. The lowest BCUT2D eigenvalue weighted by atomic mass is 10.1. The minimum Gasteiger partial charge on any atom is -0.508 e. The molecule has 0 bridgehead atoms. The molecule has 0 aliphatic carbocycles. The molecule has 38 heavy (non-hydrogen) atoms. The molecule has 4 aromatic rings. The van der Waals surface area contributed by atoms with Crippen molar-refractivity contribution in [1.29, 1.82) is 0 Å². The maximum absolute atomic E-state index is 12.7. The van der Waals surface area contributed by atoms with Crippen LogP contribution in [0.3, 0.4) is 0 Å². The van der Waals surface area contributed by atoms with Gasteiger partial charge in [0.1, 0.15) is 27.9 Å². The van der Waals surface area contributed by atoms with Gasteiger partial charge in [-0.15, -0.1) is 6.58 Å². The van der Waals surface area contributed by atoms with Gasteiger partial charge in [-0.25, -0.2) is 8.42 Å². The Kier molecular flexibility index (Phi) is 8.19. The zero-order valence-corrected chi connectivity index (χ0v) is 21.5. The van der Waals surface area contributed by atoms with Crippen molar-refractivity contribution in [1.82, 2.24) is 0 Å². The van der Waals surface area contributed by atoms with Crippen LogP contribution in [0.5, 0.6) is 23.0 Å². The van der Waals surface area contributed by atoms with Gasteiger partial charge in [-0.05, 0) is 103 Å². The Labute approximate surface area is 221 Å². The van der Waals surface area contributed by atoms with Crippen molar-refractivity contribution >= 4 is 32.2 Å². The lowest BCUT2D eigenvalue weighted by Crippen LogP contribution is -2.09. The summed E-state index contributed by atoms with van der Waals surface area (Å²) in [6.07, 6.45) is 2.17. The molecule has 0 aliphatic heterocycles. The smallest absolute Gasteiger partial charge is 0.339 e. The zero-order chi connectivity index (χ0) is 27.1. The van der Waals surface area contributed by atoms with Gasteiger partial charge < -0.3 is 14.0 Å². The van der Waals surface area contributed by atoms with Gasteiger partial charge in [0, 0.05) is 0 Å². The second-order valence-corrected chi connectivity index (χ2v) is 10.4. The molecule has 4 aromatic carbocycles. The van der Waals surface area contributed by atoms with E-state index in [9.17, 15) is 21.9 Å². The molecule has 0 heterocycles. The number of hydrogen-bond donors (Lipinski definition) is 2. The van der Waals surface area contributed by atoms with Gasteiger partial charge in [0.2, 0.25) is 0 Å². The first-order valence-electron chi connectivity index (χ1n) is 11.1. The Bertz CT molecular complexity index is 1640. The number of aromatic hydroxyl groups is 1. The minimum absolute atomic E-state index is 0.0741. The average Bonchev–Trinajstić information content (AvgIpc) is 2.90. The summed E-state index contributed by atoms with van der Waals surface area (Å²) in [6.45, 7) is 3.66. The Balaban J connectivity index is 1.39. The molecule has 9 nitrogen and oxygen atoms in total. The lowest BCUT2D eigenvalue weighted by molar-refractivity contribution is 0.469. The number of nitrogens with zero attached hydrogens (tertiary/aromatic N) is 2. The molecule has 0 aromatic heterocycles. The number of ether oxygens (including phenoxy) is 1. The maximum atomic E-state index is 12.7. The van der Waals surface area contributed by atoms with Crippen molar-refractivity contribution in [2.45, 2.75) is 16.2 Å². The molecule has 4 rings (SSSR count). The summed E-state index contributed by atoms with van der Waals surface area (Å²) in [5, 5.41) is 18.1. The predicted octanol–water partition coefficient (Wildman–Crippen LogP) is 6.07. The van der Waals surface area contributed by atoms with Crippen LogP contribution in [0.1, 0.15) is 5.56 Å². The van der Waals surface area contributed by atoms with Crippen molar-refractivity contribution in [2.24, 2.45) is 10.2 Å². The summed E-state index contributed by atoms with van der Waals surface area (Å²) in [5.74, 6) is 1.01. The van der Waals surface area contributed by atoms with Crippen LogP contribution in [0.2, 0.25) is 0 Å². The third-order valence-corrected chi connectivity index (χ3v) is 7.13. The first-order valence-corrected chi connectivity index (χ1v) is 13.7. The quantitative estimate of drug-likeness (QED) is 0.106. The van der Waals surface area contributed by atoms with Gasteiger partial charge >= 0.3 is 10.1 Å². The number of thiol groups is 1. The fourth-order valence-electron chi connectivity index (χ4n) is 3.26. The molecule has 11 heteroatoms. The molecule has 0 atom stereocenters. The SMILES string of the molecule is C=CCc1cc(N=Nc2ccc(OS(=O)(=O)c3ccc(Oc4ccc([SH](=O)=O)cc4)cc3)cc2)ccc1O. The van der Waals surface area contributed by atoms with E-state index in [4.69, 9.17) is 8.92 Å². The molecule has 0 saturated carbocycles. The number of azo groups is 1. The number of hydrogen-bond acceptors (Lipinski definition) is 9. The number of allylic oxidation sites excluding steroid dienone is 1. The Hall–Kier alpha value is -4.48. The van der Waals surface area contributed by atoms with Crippen molar-refractivity contribution in [3.63, 3.8) is 0 Å². The van der Waals surface area contributed by atoms with Gasteiger partial charge in [-0.1, -0.05) is 6.08 Å². The molecule has 1 N–H and O–H groups in total. The van der Waals surface area contributed by atoms with Crippen LogP contribution in [0, 0.1) is 0 Å². The van der Waals surface area contributed by atoms with Gasteiger partial charge in [-0.2, -0.15) is 18.6 Å². The van der Waals surface area contributed by atoms with E-state index in [0.29, 0.717) is 34.9 Å². The number of rotatable bonds is 10. The largest absolute Gasteiger partial charge is 0.508 e. The van der Waals surface area contributed by atoms with Crippen molar-refractivity contribution < 1.29 is 30.9 Å². The Morgan fingerprint density at radius 3 is 1.95 bits per heavy atom. The molecule has 0 unspecified atom stereocenters. The van der Waals surface area contributed by atoms with Crippen LogP contribution in [0.25, 0.3) is 0 Å². The van der Waals surface area contributed by atoms with Gasteiger partial charge in [-0.3, -0.25) is 0 Å². The molecular formula is C27H22N2O7S2. The van der Waals surface area contributed by atoms with E-state index in [1.54, 1.807) is 30.3 Å². The maximum Gasteiger partial charge on any atom is 0.339 e. The first kappa shape index (κ1) is 26.6. The highest BCUT2D eigenvalue weighted by molar-refractivity contribution is 7.87. The van der Waals surface area contributed by atoms with Crippen LogP contribution in [-0.2, 0) is 27.2 Å². The van der Waals surface area contributed by atoms with Crippen molar-refractivity contribution in [3.8, 4) is 23.0 Å². The minimum atomic E-state index is -4.11. The van der Waals surface area contributed by atoms with Crippen LogP contribution < -0.4 is 8.92 Å². The van der Waals surface area contributed by atoms with E-state index < -0.39 is 20.8 Å². The number of phenols is 1. The van der Waals surface area contributed by atoms with Gasteiger partial charge in [0.05, 0.1) is 16.3 Å². The summed E-state index contributed by atoms with van der Waals surface area (Å²) >= 11 is 0. The molecule has 0 amide bonds. The van der Waals surface area contributed by atoms with Gasteiger partial charge in [0.25, 0.3) is 0 Å². The van der Waals surface area contributed by atoms with Crippen LogP contribution >= 0.6 is 0 Å². The van der Waals surface area contributed by atoms with Gasteiger partial charge in [0.15, 0.2) is 10.7 Å². The van der Waals surface area contributed by atoms with E-state index in [1.807, 2.05) is 0 Å². The summed E-state index contributed by atoms with van der Waals surface area (Å²) in [5.41, 5.74) is 1.70. The van der Waals surface area contributed by atoms with E-state index in [-0.39, 0.29) is 21.3 Å².